The Morgan fingerprint density at radius 3 is 2.80 bits per heavy atom. The highest BCUT2D eigenvalue weighted by Gasteiger charge is 2.18. The smallest absolute Gasteiger partial charge is 0.262 e. The van der Waals surface area contributed by atoms with Gasteiger partial charge in [0.2, 0.25) is 5.88 Å². The zero-order chi connectivity index (χ0) is 21.3. The van der Waals surface area contributed by atoms with Crippen LogP contribution in [-0.4, -0.2) is 53.6 Å². The number of halogens is 1. The second kappa shape index (κ2) is 8.49. The first-order valence-corrected chi connectivity index (χ1v) is 10.2. The fraction of sp³-hybridized carbons (Fsp3) is 0.381. The minimum atomic E-state index is -0.289. The number of carbonyl (C=O) groups is 1. The Hall–Kier alpha value is -2.84. The van der Waals surface area contributed by atoms with Crippen LogP contribution in [0.4, 0.5) is 11.4 Å². The standard InChI is InChI=1S/C21H24ClN5O3/c1-13-10-14(2)23-20-19(13)21(25-26(20)3)30-12-18(28)24-16-11-15(22)4-5-17(16)27-6-8-29-9-7-27/h4-5,10-11H,6-9,12H2,1-3H3,(H,24,28). The number of fused-ring (bicyclic) bond motifs is 1. The zero-order valence-electron chi connectivity index (χ0n) is 17.2. The average Bonchev–Trinajstić information content (AvgIpc) is 3.03. The third-order valence-corrected chi connectivity index (χ3v) is 5.25. The van der Waals surface area contributed by atoms with Gasteiger partial charge in [0.15, 0.2) is 12.3 Å². The Morgan fingerprint density at radius 1 is 1.27 bits per heavy atom. The Morgan fingerprint density at radius 2 is 2.03 bits per heavy atom. The molecule has 1 aromatic carbocycles. The van der Waals surface area contributed by atoms with Crippen molar-refractivity contribution in [2.75, 3.05) is 43.1 Å². The second-order valence-electron chi connectivity index (χ2n) is 7.31. The van der Waals surface area contributed by atoms with Gasteiger partial charge >= 0.3 is 0 Å². The van der Waals surface area contributed by atoms with Crippen LogP contribution in [0.2, 0.25) is 5.02 Å². The molecule has 0 bridgehead atoms. The van der Waals surface area contributed by atoms with E-state index in [9.17, 15) is 4.79 Å². The summed E-state index contributed by atoms with van der Waals surface area (Å²) in [5.41, 5.74) is 4.20. The van der Waals surface area contributed by atoms with E-state index < -0.39 is 0 Å². The fourth-order valence-corrected chi connectivity index (χ4v) is 3.83. The van der Waals surface area contributed by atoms with Crippen molar-refractivity contribution >= 4 is 39.9 Å². The van der Waals surface area contributed by atoms with E-state index in [-0.39, 0.29) is 12.5 Å². The first kappa shape index (κ1) is 20.4. The predicted octanol–water partition coefficient (Wildman–Crippen LogP) is 3.09. The van der Waals surface area contributed by atoms with Crippen LogP contribution in [0.25, 0.3) is 11.0 Å². The van der Waals surface area contributed by atoms with Gasteiger partial charge in [-0.2, -0.15) is 0 Å². The van der Waals surface area contributed by atoms with Crippen molar-refractivity contribution in [3.05, 3.63) is 40.5 Å². The third kappa shape index (κ3) is 4.20. The number of aryl methyl sites for hydroxylation is 3. The van der Waals surface area contributed by atoms with Crippen molar-refractivity contribution in [1.29, 1.82) is 0 Å². The number of anilines is 2. The molecule has 8 nitrogen and oxygen atoms in total. The largest absolute Gasteiger partial charge is 0.466 e. The SMILES string of the molecule is Cc1cc(C)c2c(OCC(=O)Nc3cc(Cl)ccc3N3CCOCC3)nn(C)c2n1. The maximum atomic E-state index is 12.6. The van der Waals surface area contributed by atoms with Crippen LogP contribution in [0.1, 0.15) is 11.3 Å². The lowest BCUT2D eigenvalue weighted by Gasteiger charge is -2.30. The number of carbonyl (C=O) groups excluding carboxylic acids is 1. The summed E-state index contributed by atoms with van der Waals surface area (Å²) in [4.78, 5) is 19.3. The molecule has 3 aromatic rings. The van der Waals surface area contributed by atoms with Crippen LogP contribution >= 0.6 is 11.6 Å². The van der Waals surface area contributed by atoms with Gasteiger partial charge in [-0.25, -0.2) is 9.67 Å². The number of hydrogen-bond donors (Lipinski definition) is 1. The number of nitrogens with one attached hydrogen (secondary N) is 1. The molecule has 3 heterocycles. The first-order chi connectivity index (χ1) is 14.4. The van der Waals surface area contributed by atoms with Gasteiger partial charge in [0.1, 0.15) is 0 Å². The normalized spacial score (nSPS) is 14.2. The van der Waals surface area contributed by atoms with Crippen LogP contribution in [0.15, 0.2) is 24.3 Å². The summed E-state index contributed by atoms with van der Waals surface area (Å²) in [7, 11) is 1.81. The van der Waals surface area contributed by atoms with Gasteiger partial charge in [0.05, 0.1) is 30.0 Å². The summed E-state index contributed by atoms with van der Waals surface area (Å²) >= 11 is 6.16. The summed E-state index contributed by atoms with van der Waals surface area (Å²) in [6.45, 7) is 6.56. The molecule has 1 fully saturated rings. The lowest BCUT2D eigenvalue weighted by Crippen LogP contribution is -2.37. The van der Waals surface area contributed by atoms with E-state index in [0.29, 0.717) is 29.8 Å². The molecule has 9 heteroatoms. The molecule has 2 aromatic heterocycles. The van der Waals surface area contributed by atoms with Crippen LogP contribution in [0.5, 0.6) is 5.88 Å². The summed E-state index contributed by atoms with van der Waals surface area (Å²) < 4.78 is 12.8. The molecule has 30 heavy (non-hydrogen) atoms. The molecule has 1 saturated heterocycles. The highest BCUT2D eigenvalue weighted by atomic mass is 35.5. The first-order valence-electron chi connectivity index (χ1n) is 9.78. The Labute approximate surface area is 179 Å². The van der Waals surface area contributed by atoms with Crippen molar-refractivity contribution in [3.63, 3.8) is 0 Å². The average molecular weight is 430 g/mol. The molecule has 0 aliphatic carbocycles. The molecular weight excluding hydrogens is 406 g/mol. The van der Waals surface area contributed by atoms with Crippen molar-refractivity contribution in [3.8, 4) is 5.88 Å². The molecule has 0 radical (unpaired) electrons. The number of pyridine rings is 1. The maximum Gasteiger partial charge on any atom is 0.262 e. The number of aromatic nitrogens is 3. The van der Waals surface area contributed by atoms with Crippen molar-refractivity contribution in [1.82, 2.24) is 14.8 Å². The van der Waals surface area contributed by atoms with Gasteiger partial charge in [-0.15, -0.1) is 5.10 Å². The lowest BCUT2D eigenvalue weighted by atomic mass is 10.2. The Kier molecular flexibility index (Phi) is 5.78. The minimum Gasteiger partial charge on any atom is -0.466 e. The van der Waals surface area contributed by atoms with E-state index in [1.807, 2.05) is 39.1 Å². The molecule has 0 spiro atoms. The molecule has 1 aliphatic rings. The number of rotatable bonds is 5. The Bertz CT molecular complexity index is 1090. The van der Waals surface area contributed by atoms with Gasteiger partial charge in [0.25, 0.3) is 5.91 Å². The number of ether oxygens (including phenoxy) is 2. The van der Waals surface area contributed by atoms with Gasteiger partial charge in [0, 0.05) is 30.9 Å². The van der Waals surface area contributed by atoms with Crippen LogP contribution < -0.4 is 15.0 Å². The number of morpholine rings is 1. The minimum absolute atomic E-state index is 0.172. The molecule has 1 N–H and O–H groups in total. The molecule has 1 aliphatic heterocycles. The van der Waals surface area contributed by atoms with Crippen LogP contribution in [0.3, 0.4) is 0 Å². The van der Waals surface area contributed by atoms with Gasteiger partial charge in [-0.05, 0) is 43.7 Å². The molecule has 4 rings (SSSR count). The molecule has 0 atom stereocenters. The maximum absolute atomic E-state index is 12.6. The highest BCUT2D eigenvalue weighted by Crippen LogP contribution is 2.30. The zero-order valence-corrected chi connectivity index (χ0v) is 18.0. The van der Waals surface area contributed by atoms with E-state index in [1.54, 1.807) is 10.7 Å². The van der Waals surface area contributed by atoms with Crippen molar-refractivity contribution in [2.24, 2.45) is 7.05 Å². The number of amides is 1. The molecule has 158 valence electrons. The monoisotopic (exact) mass is 429 g/mol. The van der Waals surface area contributed by atoms with Gasteiger partial charge in [-0.1, -0.05) is 11.6 Å². The van der Waals surface area contributed by atoms with E-state index in [2.05, 4.69) is 20.3 Å². The molecule has 0 saturated carbocycles. The predicted molar refractivity (Wildman–Crippen MR) is 117 cm³/mol. The van der Waals surface area contributed by atoms with Crippen molar-refractivity contribution in [2.45, 2.75) is 13.8 Å². The molecular formula is C21H24ClN5O3. The fourth-order valence-electron chi connectivity index (χ4n) is 3.66. The van der Waals surface area contributed by atoms with Crippen molar-refractivity contribution < 1.29 is 14.3 Å². The number of benzene rings is 1. The van der Waals surface area contributed by atoms with Gasteiger partial charge < -0.3 is 19.7 Å². The lowest BCUT2D eigenvalue weighted by molar-refractivity contribution is -0.118. The number of nitrogens with zero attached hydrogens (tertiary/aromatic N) is 4. The van der Waals surface area contributed by atoms with Gasteiger partial charge in [-0.3, -0.25) is 4.79 Å². The second-order valence-corrected chi connectivity index (χ2v) is 7.74. The third-order valence-electron chi connectivity index (χ3n) is 5.01. The van der Waals surface area contributed by atoms with E-state index >= 15 is 0 Å². The summed E-state index contributed by atoms with van der Waals surface area (Å²) in [6, 6.07) is 7.44. The summed E-state index contributed by atoms with van der Waals surface area (Å²) in [5.74, 6) is 0.107. The van der Waals surface area contributed by atoms with E-state index in [0.717, 1.165) is 41.1 Å². The Balaban J connectivity index is 1.50. The molecule has 0 unspecified atom stereocenters. The molecule has 1 amide bonds. The van der Waals surface area contributed by atoms with E-state index in [4.69, 9.17) is 21.1 Å². The van der Waals surface area contributed by atoms with E-state index in [1.165, 1.54) is 0 Å². The summed E-state index contributed by atoms with van der Waals surface area (Å²) in [5, 5.41) is 8.67. The topological polar surface area (TPSA) is 81.5 Å². The van der Waals surface area contributed by atoms with Crippen LogP contribution in [0, 0.1) is 13.8 Å². The number of hydrogen-bond acceptors (Lipinski definition) is 6. The quantitative estimate of drug-likeness (QED) is 0.671. The highest BCUT2D eigenvalue weighted by molar-refractivity contribution is 6.31. The summed E-state index contributed by atoms with van der Waals surface area (Å²) in [6.07, 6.45) is 0. The van der Waals surface area contributed by atoms with Crippen LogP contribution in [-0.2, 0) is 16.6 Å².